The Bertz CT molecular complexity index is 1340. The second-order valence-electron chi connectivity index (χ2n) is 8.34. The standard InChI is InChI=1S/C24H22N2O5S2/c27-32-13-19(25-17-3-1-2-4-23(17)32)15-6-8-24-18(11-15)26-20(14-33(24,28)29)16-5-7-21-22(12-16)31-10-9-30-21/h1-8,11-12,19-20,25-26H,9-10,13-14H2. The van der Waals surface area contributed by atoms with Crippen molar-refractivity contribution in [2.75, 3.05) is 35.4 Å². The van der Waals surface area contributed by atoms with Gasteiger partial charge in [0.2, 0.25) is 0 Å². The number of rotatable bonds is 2. The molecule has 9 heteroatoms. The lowest BCUT2D eigenvalue weighted by molar-refractivity contribution is 0.171. The minimum Gasteiger partial charge on any atom is -0.611 e. The van der Waals surface area contributed by atoms with Gasteiger partial charge in [0, 0.05) is 0 Å². The summed E-state index contributed by atoms with van der Waals surface area (Å²) >= 11 is -1.13. The molecule has 3 heterocycles. The van der Waals surface area contributed by atoms with Crippen LogP contribution in [0.5, 0.6) is 11.5 Å². The fourth-order valence-corrected chi connectivity index (χ4v) is 7.56. The van der Waals surface area contributed by atoms with Gasteiger partial charge in [-0.15, -0.1) is 0 Å². The minimum atomic E-state index is -3.48. The maximum absolute atomic E-state index is 13.1. The Morgan fingerprint density at radius 2 is 1.58 bits per heavy atom. The SMILES string of the molecule is O=S1(=O)CC(c2ccc3c(c2)OCCO3)Nc2cc(C3C[S+]([O-])c4ccccc4N3)ccc21. The van der Waals surface area contributed by atoms with Crippen LogP contribution >= 0.6 is 0 Å². The van der Waals surface area contributed by atoms with Crippen molar-refractivity contribution in [2.24, 2.45) is 0 Å². The minimum absolute atomic E-state index is 0.0436. The van der Waals surface area contributed by atoms with E-state index in [0.29, 0.717) is 36.2 Å². The van der Waals surface area contributed by atoms with Gasteiger partial charge in [-0.25, -0.2) is 8.42 Å². The van der Waals surface area contributed by atoms with E-state index in [1.165, 1.54) is 0 Å². The van der Waals surface area contributed by atoms with E-state index in [9.17, 15) is 13.0 Å². The highest BCUT2D eigenvalue weighted by Gasteiger charge is 2.34. The Balaban J connectivity index is 1.33. The van der Waals surface area contributed by atoms with Gasteiger partial charge in [0.15, 0.2) is 26.2 Å². The van der Waals surface area contributed by atoms with Crippen molar-refractivity contribution < 1.29 is 22.4 Å². The molecule has 3 aliphatic rings. The molecule has 0 saturated carbocycles. The summed E-state index contributed by atoms with van der Waals surface area (Å²) in [5.74, 6) is 1.68. The maximum Gasteiger partial charge on any atom is 0.182 e. The molecule has 3 aromatic rings. The molecule has 33 heavy (non-hydrogen) atoms. The first-order valence-electron chi connectivity index (χ1n) is 10.7. The third kappa shape index (κ3) is 3.70. The predicted octanol–water partition coefficient (Wildman–Crippen LogP) is 3.67. The summed E-state index contributed by atoms with van der Waals surface area (Å²) in [5.41, 5.74) is 3.12. The van der Waals surface area contributed by atoms with Crippen molar-refractivity contribution in [3.8, 4) is 11.5 Å². The highest BCUT2D eigenvalue weighted by molar-refractivity contribution is 7.92. The number of benzene rings is 3. The molecule has 0 radical (unpaired) electrons. The topological polar surface area (TPSA) is 99.7 Å². The zero-order valence-electron chi connectivity index (χ0n) is 17.6. The second-order valence-corrected chi connectivity index (χ2v) is 11.8. The monoisotopic (exact) mass is 482 g/mol. The van der Waals surface area contributed by atoms with Crippen molar-refractivity contribution in [3.63, 3.8) is 0 Å². The maximum atomic E-state index is 13.1. The van der Waals surface area contributed by atoms with Gasteiger partial charge in [0.05, 0.1) is 34.1 Å². The largest absolute Gasteiger partial charge is 0.611 e. The molecule has 6 rings (SSSR count). The van der Waals surface area contributed by atoms with E-state index in [0.717, 1.165) is 21.7 Å². The zero-order chi connectivity index (χ0) is 22.6. The number of sulfone groups is 1. The molecule has 3 aliphatic heterocycles. The van der Waals surface area contributed by atoms with Crippen LogP contribution < -0.4 is 20.1 Å². The highest BCUT2D eigenvalue weighted by Crippen LogP contribution is 2.41. The van der Waals surface area contributed by atoms with Gasteiger partial charge >= 0.3 is 0 Å². The summed E-state index contributed by atoms with van der Waals surface area (Å²) in [6, 6.07) is 17.8. The fraction of sp³-hybridized carbons (Fsp3) is 0.250. The van der Waals surface area contributed by atoms with E-state index in [1.54, 1.807) is 6.07 Å². The molecule has 170 valence electrons. The first-order chi connectivity index (χ1) is 16.0. The highest BCUT2D eigenvalue weighted by atomic mass is 32.2. The van der Waals surface area contributed by atoms with Crippen molar-refractivity contribution in [2.45, 2.75) is 21.9 Å². The molecule has 3 aromatic carbocycles. The van der Waals surface area contributed by atoms with Crippen molar-refractivity contribution in [1.29, 1.82) is 0 Å². The summed E-state index contributed by atoms with van der Waals surface area (Å²) < 4.78 is 50.2. The molecule has 0 spiro atoms. The second kappa shape index (κ2) is 7.86. The van der Waals surface area contributed by atoms with Crippen LogP contribution in [0.1, 0.15) is 23.2 Å². The van der Waals surface area contributed by atoms with Gasteiger partial charge in [-0.1, -0.05) is 24.3 Å². The van der Waals surface area contributed by atoms with Crippen LogP contribution in [0.2, 0.25) is 0 Å². The normalized spacial score (nSPS) is 24.6. The molecule has 0 aromatic heterocycles. The average Bonchev–Trinajstić information content (AvgIpc) is 2.83. The Kier molecular flexibility index (Phi) is 4.93. The molecular weight excluding hydrogens is 460 g/mol. The lowest BCUT2D eigenvalue weighted by atomic mass is 10.0. The number of para-hydroxylation sites is 1. The summed E-state index contributed by atoms with van der Waals surface area (Å²) in [5, 5.41) is 6.85. The van der Waals surface area contributed by atoms with Gasteiger partial charge in [-0.3, -0.25) is 0 Å². The number of fused-ring (bicyclic) bond motifs is 3. The summed E-state index contributed by atoms with van der Waals surface area (Å²) in [6.07, 6.45) is 0. The molecule has 3 atom stereocenters. The van der Waals surface area contributed by atoms with Crippen LogP contribution in [0.15, 0.2) is 70.5 Å². The quantitative estimate of drug-likeness (QED) is 0.538. The van der Waals surface area contributed by atoms with Crippen molar-refractivity contribution in [1.82, 2.24) is 0 Å². The molecule has 7 nitrogen and oxygen atoms in total. The molecule has 3 unspecified atom stereocenters. The van der Waals surface area contributed by atoms with Crippen LogP contribution in [0, 0.1) is 0 Å². The van der Waals surface area contributed by atoms with Crippen LogP contribution in [-0.4, -0.2) is 37.7 Å². The predicted molar refractivity (Wildman–Crippen MR) is 126 cm³/mol. The number of anilines is 2. The van der Waals surface area contributed by atoms with Crippen LogP contribution in [0.4, 0.5) is 11.4 Å². The van der Waals surface area contributed by atoms with Gasteiger partial charge in [-0.05, 0) is 58.7 Å². The van der Waals surface area contributed by atoms with Crippen LogP contribution in [0.3, 0.4) is 0 Å². The van der Waals surface area contributed by atoms with Crippen LogP contribution in [-0.2, 0) is 21.0 Å². The first kappa shape index (κ1) is 20.7. The van der Waals surface area contributed by atoms with Gasteiger partial charge in [0.1, 0.15) is 19.0 Å². The molecule has 0 amide bonds. The molecule has 2 N–H and O–H groups in total. The average molecular weight is 483 g/mol. The van der Waals surface area contributed by atoms with Gasteiger partial charge in [0.25, 0.3) is 0 Å². The Morgan fingerprint density at radius 1 is 0.848 bits per heavy atom. The molecule has 0 aliphatic carbocycles. The van der Waals surface area contributed by atoms with E-state index >= 15 is 0 Å². The molecule has 0 fully saturated rings. The lowest BCUT2D eigenvalue weighted by Crippen LogP contribution is -2.30. The van der Waals surface area contributed by atoms with E-state index in [1.807, 2.05) is 54.6 Å². The van der Waals surface area contributed by atoms with E-state index in [-0.39, 0.29) is 16.7 Å². The Morgan fingerprint density at radius 3 is 2.45 bits per heavy atom. The van der Waals surface area contributed by atoms with Crippen molar-refractivity contribution in [3.05, 3.63) is 71.8 Å². The van der Waals surface area contributed by atoms with E-state index < -0.39 is 27.1 Å². The lowest BCUT2D eigenvalue weighted by Gasteiger charge is -2.31. The summed E-state index contributed by atoms with van der Waals surface area (Å²) in [4.78, 5) is 1.09. The summed E-state index contributed by atoms with van der Waals surface area (Å²) in [7, 11) is -3.48. The molecule has 0 saturated heterocycles. The number of ether oxygens (including phenoxy) is 2. The third-order valence-electron chi connectivity index (χ3n) is 6.21. The van der Waals surface area contributed by atoms with Crippen LogP contribution in [0.25, 0.3) is 0 Å². The Labute approximate surface area is 195 Å². The zero-order valence-corrected chi connectivity index (χ0v) is 19.2. The number of hydrogen-bond acceptors (Lipinski definition) is 7. The number of hydrogen-bond donors (Lipinski definition) is 2. The van der Waals surface area contributed by atoms with Gasteiger partial charge in [-0.2, -0.15) is 0 Å². The van der Waals surface area contributed by atoms with Crippen molar-refractivity contribution >= 4 is 32.4 Å². The van der Waals surface area contributed by atoms with Gasteiger partial charge < -0.3 is 24.7 Å². The smallest absolute Gasteiger partial charge is 0.182 e. The molecule has 0 bridgehead atoms. The molecular formula is C24H22N2O5S2. The Hall–Kier alpha value is -2.88. The third-order valence-corrected chi connectivity index (χ3v) is 9.49. The first-order valence-corrected chi connectivity index (χ1v) is 13.7. The van der Waals surface area contributed by atoms with E-state index in [2.05, 4.69) is 10.6 Å². The fourth-order valence-electron chi connectivity index (χ4n) is 4.58. The summed E-state index contributed by atoms with van der Waals surface area (Å²) in [6.45, 7) is 0.973. The number of nitrogens with one attached hydrogen (secondary N) is 2. The van der Waals surface area contributed by atoms with E-state index in [4.69, 9.17) is 9.47 Å².